The molecule has 128 valence electrons. The number of benzene rings is 1. The van der Waals surface area contributed by atoms with E-state index in [2.05, 4.69) is 6.20 Å². The van der Waals surface area contributed by atoms with Crippen LogP contribution in [0.2, 0.25) is 0 Å². The second-order valence-corrected chi connectivity index (χ2v) is 7.88. The maximum Gasteiger partial charge on any atom is 0.348 e. The highest BCUT2D eigenvalue weighted by Gasteiger charge is 2.30. The van der Waals surface area contributed by atoms with Gasteiger partial charge in [-0.3, -0.25) is 0 Å². The van der Waals surface area contributed by atoms with E-state index in [4.69, 9.17) is 9.84 Å². The first-order valence-corrected chi connectivity index (χ1v) is 10.3. The van der Waals surface area contributed by atoms with Crippen molar-refractivity contribution in [2.24, 2.45) is 0 Å². The van der Waals surface area contributed by atoms with Crippen LogP contribution in [0.25, 0.3) is 16.9 Å². The average Bonchev–Trinajstić information content (AvgIpc) is 3.23. The number of aromatic nitrogens is 2. The Balaban J connectivity index is 1.84. The highest BCUT2D eigenvalue weighted by atomic mass is 32.2. The number of nitrogens with zero attached hydrogens (tertiary/aromatic N) is 2. The van der Waals surface area contributed by atoms with Crippen LogP contribution in [0.1, 0.15) is 27.7 Å². The van der Waals surface area contributed by atoms with Gasteiger partial charge in [-0.25, -0.2) is 9.48 Å². The first-order chi connectivity index (χ1) is 12.2. The Kier molecular flexibility index (Phi) is 4.39. The van der Waals surface area contributed by atoms with E-state index in [0.29, 0.717) is 6.61 Å². The highest BCUT2D eigenvalue weighted by molar-refractivity contribution is 8.00. The van der Waals surface area contributed by atoms with Crippen LogP contribution in [-0.2, 0) is 17.6 Å². The van der Waals surface area contributed by atoms with Crippen LogP contribution in [0, 0.1) is 0 Å². The smallest absolute Gasteiger partial charge is 0.348 e. The van der Waals surface area contributed by atoms with Gasteiger partial charge in [0.05, 0.1) is 22.2 Å². The van der Waals surface area contributed by atoms with Gasteiger partial charge in [0.1, 0.15) is 4.88 Å². The Morgan fingerprint density at radius 2 is 2.12 bits per heavy atom. The number of fused-ring (bicyclic) bond motifs is 3. The minimum Gasteiger partial charge on any atom is -0.462 e. The Morgan fingerprint density at radius 3 is 2.84 bits per heavy atom. The normalized spacial score (nSPS) is 12.6. The molecule has 25 heavy (non-hydrogen) atoms. The molecule has 0 saturated carbocycles. The fourth-order valence-electron chi connectivity index (χ4n) is 3.20. The summed E-state index contributed by atoms with van der Waals surface area (Å²) in [4.78, 5) is 13.1. The number of carbonyl (C=O) groups is 1. The molecule has 0 amide bonds. The molecule has 1 aliphatic rings. The van der Waals surface area contributed by atoms with Crippen LogP contribution in [0.5, 0.6) is 0 Å². The molecule has 6 heteroatoms. The molecule has 0 unspecified atom stereocenters. The van der Waals surface area contributed by atoms with E-state index in [1.54, 1.807) is 11.8 Å². The van der Waals surface area contributed by atoms with Crippen molar-refractivity contribution in [1.82, 2.24) is 9.78 Å². The van der Waals surface area contributed by atoms with Gasteiger partial charge in [0.2, 0.25) is 0 Å². The zero-order chi connectivity index (χ0) is 17.4. The van der Waals surface area contributed by atoms with Gasteiger partial charge in [-0.05, 0) is 49.3 Å². The predicted molar refractivity (Wildman–Crippen MR) is 102 cm³/mol. The maximum absolute atomic E-state index is 12.3. The fourth-order valence-corrected chi connectivity index (χ4v) is 5.19. The van der Waals surface area contributed by atoms with E-state index in [-0.39, 0.29) is 5.97 Å². The van der Waals surface area contributed by atoms with Crippen molar-refractivity contribution in [3.05, 3.63) is 52.5 Å². The first-order valence-electron chi connectivity index (χ1n) is 8.24. The molecule has 1 aliphatic carbocycles. The lowest BCUT2D eigenvalue weighted by molar-refractivity contribution is 0.0531. The second kappa shape index (κ2) is 6.69. The lowest BCUT2D eigenvalue weighted by atomic mass is 9.92. The van der Waals surface area contributed by atoms with Gasteiger partial charge < -0.3 is 4.74 Å². The molecule has 4 rings (SSSR count). The van der Waals surface area contributed by atoms with Crippen molar-refractivity contribution < 1.29 is 9.53 Å². The Bertz CT molecular complexity index is 929. The van der Waals surface area contributed by atoms with Gasteiger partial charge in [-0.1, -0.05) is 18.2 Å². The number of esters is 1. The first kappa shape index (κ1) is 16.4. The standard InChI is InChI=1S/C19H18N2O2S2/c1-3-23-18(22)17-14-10-9-12-11-21(13-7-5-4-6-8-13)20-16(12)15(14)19(24-2)25-17/h4-8,11H,3,9-10H2,1-2H3. The molecule has 1 aromatic carbocycles. The lowest BCUT2D eigenvalue weighted by Gasteiger charge is -2.13. The molecule has 2 aromatic heterocycles. The molecule has 2 heterocycles. The molecule has 0 N–H and O–H groups in total. The van der Waals surface area contributed by atoms with Crippen molar-refractivity contribution in [3.63, 3.8) is 0 Å². The van der Waals surface area contributed by atoms with Crippen molar-refractivity contribution in [1.29, 1.82) is 0 Å². The molecule has 4 nitrogen and oxygen atoms in total. The largest absolute Gasteiger partial charge is 0.462 e. The SMILES string of the molecule is CCOC(=O)c1sc(SC)c2c1CCc1cn(-c3ccccc3)nc1-2. The predicted octanol–water partition coefficient (Wildman–Crippen LogP) is 4.60. The summed E-state index contributed by atoms with van der Waals surface area (Å²) in [5.74, 6) is -0.213. The summed E-state index contributed by atoms with van der Waals surface area (Å²) in [6, 6.07) is 10.1. The van der Waals surface area contributed by atoms with Crippen molar-refractivity contribution >= 4 is 29.1 Å². The Labute approximate surface area is 154 Å². The molecular formula is C19H18N2O2S2. The third-order valence-corrected chi connectivity index (χ3v) is 6.64. The van der Waals surface area contributed by atoms with Crippen LogP contribution in [0.3, 0.4) is 0 Å². The Morgan fingerprint density at radius 1 is 1.32 bits per heavy atom. The van der Waals surface area contributed by atoms with Gasteiger partial charge >= 0.3 is 5.97 Å². The van der Waals surface area contributed by atoms with E-state index in [0.717, 1.165) is 44.4 Å². The molecule has 0 spiro atoms. The average molecular weight is 370 g/mol. The summed E-state index contributed by atoms with van der Waals surface area (Å²) in [6.45, 7) is 2.24. The Hall–Kier alpha value is -2.05. The molecular weight excluding hydrogens is 352 g/mol. The van der Waals surface area contributed by atoms with E-state index in [1.807, 2.05) is 48.2 Å². The molecule has 0 fully saturated rings. The van der Waals surface area contributed by atoms with E-state index in [9.17, 15) is 4.79 Å². The molecule has 0 aliphatic heterocycles. The molecule has 3 aromatic rings. The third-order valence-electron chi connectivity index (χ3n) is 4.31. The summed E-state index contributed by atoms with van der Waals surface area (Å²) in [5.41, 5.74) is 5.50. The maximum atomic E-state index is 12.3. The van der Waals surface area contributed by atoms with Crippen molar-refractivity contribution in [2.75, 3.05) is 12.9 Å². The molecule has 0 bridgehead atoms. The number of hydrogen-bond acceptors (Lipinski definition) is 5. The van der Waals surface area contributed by atoms with Gasteiger partial charge in [0.15, 0.2) is 0 Å². The van der Waals surface area contributed by atoms with Crippen LogP contribution < -0.4 is 0 Å². The summed E-state index contributed by atoms with van der Waals surface area (Å²) in [5, 5.41) is 4.85. The topological polar surface area (TPSA) is 44.1 Å². The van der Waals surface area contributed by atoms with Gasteiger partial charge in [-0.2, -0.15) is 5.10 Å². The lowest BCUT2D eigenvalue weighted by Crippen LogP contribution is -2.08. The second-order valence-electron chi connectivity index (χ2n) is 5.78. The van der Waals surface area contributed by atoms with Crippen molar-refractivity contribution in [3.8, 4) is 16.9 Å². The molecule has 0 saturated heterocycles. The number of aryl methyl sites for hydroxylation is 1. The van der Waals surface area contributed by atoms with Gasteiger partial charge in [0.25, 0.3) is 0 Å². The zero-order valence-electron chi connectivity index (χ0n) is 14.1. The molecule has 0 radical (unpaired) electrons. The zero-order valence-corrected chi connectivity index (χ0v) is 15.7. The number of thioether (sulfide) groups is 1. The molecule has 0 atom stereocenters. The summed E-state index contributed by atoms with van der Waals surface area (Å²) < 4.78 is 8.32. The van der Waals surface area contributed by atoms with E-state index in [1.165, 1.54) is 16.9 Å². The number of para-hydroxylation sites is 1. The quantitative estimate of drug-likeness (QED) is 0.497. The number of ether oxygens (including phenoxy) is 1. The minimum absolute atomic E-state index is 0.213. The monoisotopic (exact) mass is 370 g/mol. The summed E-state index contributed by atoms with van der Waals surface area (Å²) >= 11 is 3.20. The number of thiophene rings is 1. The van der Waals surface area contributed by atoms with Crippen LogP contribution in [0.15, 0.2) is 40.7 Å². The van der Waals surface area contributed by atoms with Crippen LogP contribution in [-0.4, -0.2) is 28.6 Å². The summed E-state index contributed by atoms with van der Waals surface area (Å²) in [6.07, 6.45) is 5.91. The van der Waals surface area contributed by atoms with Crippen molar-refractivity contribution in [2.45, 2.75) is 24.0 Å². The van der Waals surface area contributed by atoms with Crippen LogP contribution >= 0.6 is 23.1 Å². The number of rotatable bonds is 4. The van der Waals surface area contributed by atoms with E-state index < -0.39 is 0 Å². The number of hydrogen-bond donors (Lipinski definition) is 0. The summed E-state index contributed by atoms with van der Waals surface area (Å²) in [7, 11) is 0. The third kappa shape index (κ3) is 2.79. The number of carbonyl (C=O) groups excluding carboxylic acids is 1. The minimum atomic E-state index is -0.213. The van der Waals surface area contributed by atoms with Gasteiger partial charge in [-0.15, -0.1) is 23.1 Å². The fraction of sp³-hybridized carbons (Fsp3) is 0.263. The van der Waals surface area contributed by atoms with Crippen LogP contribution in [0.4, 0.5) is 0 Å². The highest BCUT2D eigenvalue weighted by Crippen LogP contribution is 2.46. The van der Waals surface area contributed by atoms with Gasteiger partial charge in [0, 0.05) is 11.8 Å². The van der Waals surface area contributed by atoms with E-state index >= 15 is 0 Å².